The number of hydrogen-bond acceptors (Lipinski definition) is 5. The Kier molecular flexibility index (Phi) is 4.02. The van der Waals surface area contributed by atoms with Crippen LogP contribution in [-0.2, 0) is 0 Å². The summed E-state index contributed by atoms with van der Waals surface area (Å²) in [5, 5.41) is 27.8. The van der Waals surface area contributed by atoms with Crippen molar-refractivity contribution in [3.05, 3.63) is 59.6 Å². The van der Waals surface area contributed by atoms with Crippen molar-refractivity contribution in [1.29, 1.82) is 10.5 Å². The molecule has 2 atom stereocenters. The minimum atomic E-state index is -0.463. The minimum absolute atomic E-state index is 0.335. The molecule has 0 amide bonds. The Morgan fingerprint density at radius 3 is 2.70 bits per heavy atom. The molecule has 130 valence electrons. The number of aromatic nitrogens is 3. The highest BCUT2D eigenvalue weighted by atomic mass is 15.1. The molecule has 0 saturated heterocycles. The lowest BCUT2D eigenvalue weighted by Gasteiger charge is -2.26. The molecular weight excluding hydrogens is 336 g/mol. The summed E-state index contributed by atoms with van der Waals surface area (Å²) >= 11 is 0. The van der Waals surface area contributed by atoms with Crippen LogP contribution in [0.5, 0.6) is 0 Å². The van der Waals surface area contributed by atoms with E-state index in [1.54, 1.807) is 12.4 Å². The molecule has 1 aliphatic rings. The largest absolute Gasteiger partial charge is 0.277 e. The number of fused-ring (bicyclic) bond motifs is 1. The van der Waals surface area contributed by atoms with Crippen LogP contribution >= 0.6 is 0 Å². The smallest absolute Gasteiger partial charge is 0.101 e. The van der Waals surface area contributed by atoms with Crippen molar-refractivity contribution in [2.75, 3.05) is 0 Å². The Bertz CT molecular complexity index is 1170. The van der Waals surface area contributed by atoms with E-state index >= 15 is 0 Å². The molecular formula is C21H16N6. The number of aliphatic imine (C=N–C) groups is 1. The second-order valence-electron chi connectivity index (χ2n) is 6.57. The lowest BCUT2D eigenvalue weighted by molar-refractivity contribution is 0.704. The molecule has 3 aromatic rings. The van der Waals surface area contributed by atoms with Gasteiger partial charge in [-0.05, 0) is 43.7 Å². The maximum Gasteiger partial charge on any atom is 0.101 e. The molecule has 2 unspecified atom stereocenters. The summed E-state index contributed by atoms with van der Waals surface area (Å²) in [5.74, 6) is -0.798. The molecule has 1 N–H and O–H groups in total. The molecule has 6 nitrogen and oxygen atoms in total. The first-order valence-corrected chi connectivity index (χ1v) is 8.58. The molecule has 0 spiro atoms. The van der Waals surface area contributed by atoms with Gasteiger partial charge in [0.15, 0.2) is 0 Å². The summed E-state index contributed by atoms with van der Waals surface area (Å²) in [6.07, 6.45) is 3.49. The van der Waals surface area contributed by atoms with E-state index in [1.807, 2.05) is 44.2 Å². The molecule has 1 aliphatic heterocycles. The van der Waals surface area contributed by atoms with Crippen LogP contribution in [0.3, 0.4) is 0 Å². The van der Waals surface area contributed by atoms with Gasteiger partial charge in [0.2, 0.25) is 0 Å². The fraction of sp³-hybridized carbons (Fsp3) is 0.190. The van der Waals surface area contributed by atoms with E-state index < -0.39 is 5.92 Å². The predicted octanol–water partition coefficient (Wildman–Crippen LogP) is 4.12. The standard InChI is InChI=1S/C21H16N6/c1-12-17(9-22)20(18(10-23)13(2)25-12)14-5-6-19-16(8-14)21(27-26-19)15-4-3-7-24-11-15/h3-8,11,17,20H,1-2H3,(H,26,27). The first-order chi connectivity index (χ1) is 13.1. The van der Waals surface area contributed by atoms with E-state index in [4.69, 9.17) is 0 Å². The Morgan fingerprint density at radius 2 is 2.00 bits per heavy atom. The van der Waals surface area contributed by atoms with E-state index in [0.29, 0.717) is 11.3 Å². The molecule has 2 aromatic heterocycles. The fourth-order valence-corrected chi connectivity index (χ4v) is 3.65. The number of pyridine rings is 1. The van der Waals surface area contributed by atoms with Crippen molar-refractivity contribution in [1.82, 2.24) is 15.2 Å². The van der Waals surface area contributed by atoms with E-state index in [9.17, 15) is 10.5 Å². The first-order valence-electron chi connectivity index (χ1n) is 8.58. The van der Waals surface area contributed by atoms with Gasteiger partial charge in [-0.15, -0.1) is 0 Å². The average Bonchev–Trinajstić information content (AvgIpc) is 3.11. The highest BCUT2D eigenvalue weighted by Crippen LogP contribution is 2.39. The highest BCUT2D eigenvalue weighted by Gasteiger charge is 2.34. The first kappa shape index (κ1) is 16.7. The van der Waals surface area contributed by atoms with Crippen molar-refractivity contribution in [3.8, 4) is 23.4 Å². The van der Waals surface area contributed by atoms with Crippen molar-refractivity contribution < 1.29 is 0 Å². The number of benzene rings is 1. The minimum Gasteiger partial charge on any atom is -0.277 e. The fourth-order valence-electron chi connectivity index (χ4n) is 3.65. The van der Waals surface area contributed by atoms with Crippen LogP contribution in [0.25, 0.3) is 22.2 Å². The summed E-state index contributed by atoms with van der Waals surface area (Å²) in [4.78, 5) is 8.57. The molecule has 0 aliphatic carbocycles. The van der Waals surface area contributed by atoms with Gasteiger partial charge in [-0.3, -0.25) is 15.1 Å². The van der Waals surface area contributed by atoms with Crippen LogP contribution in [0.1, 0.15) is 25.3 Å². The molecule has 27 heavy (non-hydrogen) atoms. The number of H-pyrrole nitrogens is 1. The van der Waals surface area contributed by atoms with Gasteiger partial charge in [-0.2, -0.15) is 15.6 Å². The zero-order chi connectivity index (χ0) is 19.0. The number of aromatic amines is 1. The summed E-state index contributed by atoms with van der Waals surface area (Å²) in [6, 6.07) is 14.3. The van der Waals surface area contributed by atoms with E-state index in [1.165, 1.54) is 0 Å². The molecule has 0 fully saturated rings. The Balaban J connectivity index is 1.91. The molecule has 4 rings (SSSR count). The molecule has 0 radical (unpaired) electrons. The number of allylic oxidation sites excluding steroid dienone is 2. The van der Waals surface area contributed by atoms with Gasteiger partial charge in [0, 0.05) is 35.0 Å². The van der Waals surface area contributed by atoms with Crippen LogP contribution in [0.15, 0.2) is 59.0 Å². The molecule has 6 heteroatoms. The van der Waals surface area contributed by atoms with E-state index in [0.717, 1.165) is 33.4 Å². The van der Waals surface area contributed by atoms with Crippen molar-refractivity contribution in [2.24, 2.45) is 10.9 Å². The van der Waals surface area contributed by atoms with Gasteiger partial charge in [0.05, 0.1) is 34.8 Å². The van der Waals surface area contributed by atoms with Crippen LogP contribution in [-0.4, -0.2) is 20.9 Å². The number of hydrogen-bond donors (Lipinski definition) is 1. The van der Waals surface area contributed by atoms with E-state index in [2.05, 4.69) is 32.3 Å². The molecule has 1 aromatic carbocycles. The number of rotatable bonds is 2. The van der Waals surface area contributed by atoms with Gasteiger partial charge in [-0.25, -0.2) is 0 Å². The van der Waals surface area contributed by atoms with Crippen molar-refractivity contribution in [3.63, 3.8) is 0 Å². The number of nitriles is 2. The SMILES string of the molecule is CC1=NC(C)=C(C#N)C(c2ccc3[nH]nc(-c4cccnc4)c3c2)C1C#N. The van der Waals surface area contributed by atoms with Crippen LogP contribution in [0, 0.1) is 28.6 Å². The zero-order valence-corrected chi connectivity index (χ0v) is 14.9. The second-order valence-corrected chi connectivity index (χ2v) is 6.57. The lowest BCUT2D eigenvalue weighted by Crippen LogP contribution is -2.24. The average molecular weight is 352 g/mol. The Hall–Kier alpha value is -3.77. The Morgan fingerprint density at radius 1 is 1.15 bits per heavy atom. The Labute approximate surface area is 156 Å². The molecule has 0 saturated carbocycles. The molecule has 3 heterocycles. The summed E-state index contributed by atoms with van der Waals surface area (Å²) in [7, 11) is 0. The predicted molar refractivity (Wildman–Crippen MR) is 103 cm³/mol. The van der Waals surface area contributed by atoms with Crippen LogP contribution < -0.4 is 0 Å². The maximum absolute atomic E-state index is 9.71. The third kappa shape index (κ3) is 2.68. The third-order valence-corrected chi connectivity index (χ3v) is 4.97. The van der Waals surface area contributed by atoms with Gasteiger partial charge < -0.3 is 0 Å². The monoisotopic (exact) mass is 352 g/mol. The number of nitrogens with zero attached hydrogens (tertiary/aromatic N) is 5. The van der Waals surface area contributed by atoms with Gasteiger partial charge in [0.1, 0.15) is 5.69 Å². The van der Waals surface area contributed by atoms with Gasteiger partial charge in [0.25, 0.3) is 0 Å². The second kappa shape index (κ2) is 6.51. The van der Waals surface area contributed by atoms with Crippen molar-refractivity contribution >= 4 is 16.6 Å². The van der Waals surface area contributed by atoms with Gasteiger partial charge >= 0.3 is 0 Å². The molecule has 0 bridgehead atoms. The summed E-state index contributed by atoms with van der Waals surface area (Å²) in [5.41, 5.74) is 5.46. The van der Waals surface area contributed by atoms with Crippen LogP contribution in [0.2, 0.25) is 0 Å². The normalized spacial score (nSPS) is 19.5. The summed E-state index contributed by atoms with van der Waals surface area (Å²) < 4.78 is 0. The van der Waals surface area contributed by atoms with Gasteiger partial charge in [-0.1, -0.05) is 6.07 Å². The zero-order valence-electron chi connectivity index (χ0n) is 14.9. The highest BCUT2D eigenvalue weighted by molar-refractivity contribution is 5.94. The maximum atomic E-state index is 9.71. The summed E-state index contributed by atoms with van der Waals surface area (Å²) in [6.45, 7) is 3.66. The third-order valence-electron chi connectivity index (χ3n) is 4.97. The van der Waals surface area contributed by atoms with Crippen LogP contribution in [0.4, 0.5) is 0 Å². The quantitative estimate of drug-likeness (QED) is 0.749. The van der Waals surface area contributed by atoms with E-state index in [-0.39, 0.29) is 5.92 Å². The van der Waals surface area contributed by atoms with Crippen molar-refractivity contribution in [2.45, 2.75) is 19.8 Å². The topological polar surface area (TPSA) is 102 Å². The lowest BCUT2D eigenvalue weighted by atomic mass is 9.76. The number of nitrogens with one attached hydrogen (secondary N) is 1.